The maximum Gasteiger partial charge on any atom is 0.224 e. The van der Waals surface area contributed by atoms with Crippen LogP contribution in [0, 0.1) is 0 Å². The highest BCUT2D eigenvalue weighted by Gasteiger charge is 2.08. The number of benzene rings is 2. The molecule has 0 unspecified atom stereocenters. The van der Waals surface area contributed by atoms with E-state index in [0.29, 0.717) is 18.5 Å². The van der Waals surface area contributed by atoms with Crippen molar-refractivity contribution in [2.75, 3.05) is 5.32 Å². The number of nitrogens with one attached hydrogen (secondary N) is 2. The Kier molecular flexibility index (Phi) is 3.82. The van der Waals surface area contributed by atoms with Gasteiger partial charge in [0.15, 0.2) is 0 Å². The van der Waals surface area contributed by atoms with Gasteiger partial charge in [0.25, 0.3) is 0 Å². The first-order valence-electron chi connectivity index (χ1n) is 8.13. The zero-order valence-electron chi connectivity index (χ0n) is 13.5. The third-order valence-corrected chi connectivity index (χ3v) is 4.19. The fourth-order valence-electron chi connectivity index (χ4n) is 2.98. The van der Waals surface area contributed by atoms with Gasteiger partial charge >= 0.3 is 0 Å². The maximum absolute atomic E-state index is 12.1. The molecule has 5 nitrogen and oxygen atoms in total. The lowest BCUT2D eigenvalue weighted by atomic mass is 10.1. The van der Waals surface area contributed by atoms with Gasteiger partial charge in [0.1, 0.15) is 5.75 Å². The first-order valence-corrected chi connectivity index (χ1v) is 8.13. The van der Waals surface area contributed by atoms with E-state index in [2.05, 4.69) is 21.4 Å². The number of nitrogens with zero attached hydrogens (tertiary/aromatic N) is 1. The van der Waals surface area contributed by atoms with Gasteiger partial charge in [-0.15, -0.1) is 0 Å². The Hall–Kier alpha value is -3.34. The van der Waals surface area contributed by atoms with Crippen molar-refractivity contribution in [3.05, 3.63) is 66.5 Å². The van der Waals surface area contributed by atoms with E-state index >= 15 is 0 Å². The lowest BCUT2D eigenvalue weighted by Crippen LogP contribution is -2.12. The van der Waals surface area contributed by atoms with Crippen LogP contribution >= 0.6 is 0 Å². The van der Waals surface area contributed by atoms with E-state index in [4.69, 9.17) is 0 Å². The second kappa shape index (κ2) is 6.28. The highest BCUT2D eigenvalue weighted by Crippen LogP contribution is 2.25. The monoisotopic (exact) mass is 331 g/mol. The molecule has 5 heteroatoms. The third kappa shape index (κ3) is 3.17. The van der Waals surface area contributed by atoms with Crippen molar-refractivity contribution < 1.29 is 9.90 Å². The number of fused-ring (bicyclic) bond motifs is 3. The molecule has 0 saturated carbocycles. The van der Waals surface area contributed by atoms with Crippen LogP contribution in [0.4, 0.5) is 5.69 Å². The molecule has 0 bridgehead atoms. The molecule has 0 atom stereocenters. The normalized spacial score (nSPS) is 11.0. The molecule has 2 aromatic heterocycles. The highest BCUT2D eigenvalue weighted by molar-refractivity contribution is 6.07. The van der Waals surface area contributed by atoms with E-state index in [1.165, 1.54) is 6.07 Å². The van der Waals surface area contributed by atoms with Crippen LogP contribution in [-0.2, 0) is 11.2 Å². The number of aromatic nitrogens is 2. The number of aryl methyl sites for hydroxylation is 1. The molecule has 0 radical (unpaired) electrons. The van der Waals surface area contributed by atoms with Crippen LogP contribution in [0.2, 0.25) is 0 Å². The summed E-state index contributed by atoms with van der Waals surface area (Å²) < 4.78 is 0. The Morgan fingerprint density at radius 3 is 2.80 bits per heavy atom. The summed E-state index contributed by atoms with van der Waals surface area (Å²) in [5, 5.41) is 14.5. The minimum Gasteiger partial charge on any atom is -0.508 e. The molecule has 0 spiro atoms. The number of hydrogen-bond donors (Lipinski definition) is 3. The smallest absolute Gasteiger partial charge is 0.224 e. The molecule has 0 aliphatic heterocycles. The van der Waals surface area contributed by atoms with Crippen LogP contribution in [0.1, 0.15) is 12.1 Å². The Balaban J connectivity index is 1.49. The molecule has 0 saturated heterocycles. The van der Waals surface area contributed by atoms with Gasteiger partial charge in [0.2, 0.25) is 5.91 Å². The number of carbonyl (C=O) groups is 1. The average Bonchev–Trinajstić information content (AvgIpc) is 2.98. The van der Waals surface area contributed by atoms with Crippen molar-refractivity contribution in [2.45, 2.75) is 12.8 Å². The van der Waals surface area contributed by atoms with Crippen molar-refractivity contribution in [1.82, 2.24) is 9.97 Å². The molecule has 25 heavy (non-hydrogen) atoms. The van der Waals surface area contributed by atoms with Gasteiger partial charge in [-0.3, -0.25) is 9.78 Å². The van der Waals surface area contributed by atoms with Crippen molar-refractivity contribution in [2.24, 2.45) is 0 Å². The van der Waals surface area contributed by atoms with Gasteiger partial charge in [0, 0.05) is 40.2 Å². The summed E-state index contributed by atoms with van der Waals surface area (Å²) in [5.41, 5.74) is 3.54. The van der Waals surface area contributed by atoms with Gasteiger partial charge in [-0.25, -0.2) is 0 Å². The predicted molar refractivity (Wildman–Crippen MR) is 98.7 cm³/mol. The summed E-state index contributed by atoms with van der Waals surface area (Å²) in [6.45, 7) is 0. The molecule has 4 aromatic rings. The molecule has 0 fully saturated rings. The molecule has 0 aliphatic rings. The largest absolute Gasteiger partial charge is 0.508 e. The first kappa shape index (κ1) is 15.2. The number of aromatic amines is 1. The fraction of sp³-hybridized carbons (Fsp3) is 0.100. The van der Waals surface area contributed by atoms with Crippen molar-refractivity contribution in [1.29, 1.82) is 0 Å². The number of hydrogen-bond acceptors (Lipinski definition) is 3. The Morgan fingerprint density at radius 1 is 1.04 bits per heavy atom. The molecule has 2 heterocycles. The van der Waals surface area contributed by atoms with Crippen LogP contribution in [0.25, 0.3) is 21.8 Å². The van der Waals surface area contributed by atoms with Crippen molar-refractivity contribution in [3.8, 4) is 5.75 Å². The number of phenols is 1. The van der Waals surface area contributed by atoms with Crippen molar-refractivity contribution in [3.63, 3.8) is 0 Å². The van der Waals surface area contributed by atoms with Crippen LogP contribution < -0.4 is 5.32 Å². The van der Waals surface area contributed by atoms with E-state index in [1.807, 2.05) is 30.5 Å². The molecular formula is C20H17N3O2. The van der Waals surface area contributed by atoms with Crippen LogP contribution in [-0.4, -0.2) is 21.0 Å². The molecule has 2 aromatic carbocycles. The first-order chi connectivity index (χ1) is 12.2. The number of H-pyrrole nitrogens is 1. The number of rotatable bonds is 4. The lowest BCUT2D eigenvalue weighted by Gasteiger charge is -2.05. The number of pyridine rings is 1. The Labute approximate surface area is 144 Å². The number of aromatic hydroxyl groups is 1. The van der Waals surface area contributed by atoms with E-state index in [-0.39, 0.29) is 11.7 Å². The van der Waals surface area contributed by atoms with Gasteiger partial charge in [0.05, 0.1) is 11.7 Å². The second-order valence-corrected chi connectivity index (χ2v) is 5.99. The summed E-state index contributed by atoms with van der Waals surface area (Å²) in [7, 11) is 0. The lowest BCUT2D eigenvalue weighted by molar-refractivity contribution is -0.116. The van der Waals surface area contributed by atoms with Crippen LogP contribution in [0.3, 0.4) is 0 Å². The topological polar surface area (TPSA) is 78.0 Å². The summed E-state index contributed by atoms with van der Waals surface area (Å²) in [5.74, 6) is 0.0238. The molecular weight excluding hydrogens is 314 g/mol. The highest BCUT2D eigenvalue weighted by atomic mass is 16.3. The molecule has 1 amide bonds. The Morgan fingerprint density at radius 2 is 1.92 bits per heavy atom. The summed E-state index contributed by atoms with van der Waals surface area (Å²) in [4.78, 5) is 19.9. The molecule has 4 rings (SSSR count). The summed E-state index contributed by atoms with van der Waals surface area (Å²) in [6, 6.07) is 16.7. The van der Waals surface area contributed by atoms with E-state index < -0.39 is 0 Å². The number of anilines is 1. The van der Waals surface area contributed by atoms with Crippen molar-refractivity contribution >= 4 is 33.4 Å². The predicted octanol–water partition coefficient (Wildman–Crippen LogP) is 3.99. The van der Waals surface area contributed by atoms with Gasteiger partial charge in [-0.2, -0.15) is 0 Å². The number of phenolic OH excluding ortho intramolecular Hbond substituents is 1. The number of para-hydroxylation sites is 1. The standard InChI is InChI=1S/C20H17N3O2/c24-15-5-3-4-14(10-15)22-20(25)9-8-13-11-17-16-6-1-2-7-18(16)23-19(17)12-21-13/h1-7,10-12,23-24H,8-9H2,(H,22,25). The molecule has 124 valence electrons. The average molecular weight is 331 g/mol. The third-order valence-electron chi connectivity index (χ3n) is 4.19. The van der Waals surface area contributed by atoms with Gasteiger partial charge in [-0.05, 0) is 30.7 Å². The minimum absolute atomic E-state index is 0.105. The SMILES string of the molecule is O=C(CCc1cc2c(cn1)[nH]c1ccccc12)Nc1cccc(O)c1. The molecule has 0 aliphatic carbocycles. The van der Waals surface area contributed by atoms with E-state index in [9.17, 15) is 9.90 Å². The maximum atomic E-state index is 12.1. The quantitative estimate of drug-likeness (QED) is 0.529. The second-order valence-electron chi connectivity index (χ2n) is 5.99. The zero-order valence-corrected chi connectivity index (χ0v) is 13.5. The Bertz CT molecular complexity index is 1070. The van der Waals surface area contributed by atoms with Gasteiger partial charge < -0.3 is 15.4 Å². The van der Waals surface area contributed by atoms with Crippen LogP contribution in [0.5, 0.6) is 5.75 Å². The fourth-order valence-corrected chi connectivity index (χ4v) is 2.98. The van der Waals surface area contributed by atoms with Gasteiger partial charge in [-0.1, -0.05) is 24.3 Å². The van der Waals surface area contributed by atoms with Crippen LogP contribution in [0.15, 0.2) is 60.8 Å². The number of amides is 1. The zero-order chi connectivity index (χ0) is 17.2. The molecule has 3 N–H and O–H groups in total. The summed E-state index contributed by atoms with van der Waals surface area (Å²) in [6.07, 6.45) is 2.70. The van der Waals surface area contributed by atoms with E-state index in [0.717, 1.165) is 27.5 Å². The summed E-state index contributed by atoms with van der Waals surface area (Å²) >= 11 is 0. The van der Waals surface area contributed by atoms with E-state index in [1.54, 1.807) is 18.2 Å². The number of carbonyl (C=O) groups excluding carboxylic acids is 1. The minimum atomic E-state index is -0.105.